The average Bonchev–Trinajstić information content (AvgIpc) is 0.811. The smallest absolute Gasteiger partial charge is 0.291 e. The Morgan fingerprint density at radius 1 is 1.00 bits per heavy atom. The van der Waals surface area contributed by atoms with Crippen LogP contribution in [-0.4, -0.2) is 37.7 Å². The zero-order valence-corrected chi connectivity index (χ0v) is 5.59. The summed E-state index contributed by atoms with van der Waals surface area (Å²) in [4.78, 5) is 8.36. The molecule has 1 radical (unpaired) electrons. The minimum absolute atomic E-state index is 0. The van der Waals surface area contributed by atoms with Crippen LogP contribution in [0.1, 0.15) is 0 Å². The van der Waals surface area contributed by atoms with Crippen LogP contribution in [0.25, 0.3) is 0 Å². The first kappa shape index (κ1) is 109. The van der Waals surface area contributed by atoms with E-state index in [2.05, 4.69) is 0 Å². The summed E-state index contributed by atoms with van der Waals surface area (Å²) in [5.74, 6) is 0. The van der Waals surface area contributed by atoms with Gasteiger partial charge in [0.05, 0.1) is 0 Å². The molecule has 0 unspecified atom stereocenters. The molecule has 0 aliphatic carbocycles. The quantitative estimate of drug-likeness (QED) is 0.309. The van der Waals surface area contributed by atoms with Crippen molar-refractivity contribution in [3.05, 3.63) is 10.1 Å². The van der Waals surface area contributed by atoms with Crippen molar-refractivity contribution in [3.63, 3.8) is 0 Å². The van der Waals surface area contributed by atoms with Gasteiger partial charge >= 0.3 is 0 Å². The second-order valence-electron chi connectivity index (χ2n) is 0.238. The summed E-state index contributed by atoms with van der Waals surface area (Å²) in [5.41, 5.74) is 0. The molecular formula is H11CoNO8. The molecule has 0 aromatic heterocycles. The van der Waals surface area contributed by atoms with Crippen molar-refractivity contribution in [1.29, 1.82) is 0 Å². The molecule has 0 aliphatic heterocycles. The van der Waals surface area contributed by atoms with Crippen LogP contribution in [0.4, 0.5) is 0 Å². The van der Waals surface area contributed by atoms with Gasteiger partial charge in [0.1, 0.15) is 0 Å². The third kappa shape index (κ3) is 1300. The van der Waals surface area contributed by atoms with Crippen LogP contribution in [0.15, 0.2) is 0 Å². The monoisotopic (exact) mass is 212 g/mol. The van der Waals surface area contributed by atoms with Gasteiger partial charge in [0.25, 0.3) is 5.09 Å². The third-order valence-corrected chi connectivity index (χ3v) is 0. The fraction of sp³-hybridized carbons (Fsp3) is 0. The predicted octanol–water partition coefficient (Wildman–Crippen LogP) is -4.47. The molecule has 0 saturated heterocycles. The largest absolute Gasteiger partial charge is 0.412 e. The predicted molar refractivity (Wildman–Crippen MR) is 26.8 cm³/mol. The van der Waals surface area contributed by atoms with Crippen LogP contribution in [0, 0.1) is 10.1 Å². The van der Waals surface area contributed by atoms with Gasteiger partial charge in [-0.05, 0) is 0 Å². The third-order valence-electron chi connectivity index (χ3n) is 0. The Kier molecular flexibility index (Phi) is 835. The standard InChI is InChI=1S/Co.HNO3.5H2O/c;2-1(3)4;;;;;/h;(H,2,3,4);5*1H2. The first-order chi connectivity index (χ1) is 1.73. The first-order valence-electron chi connectivity index (χ1n) is 0.565. The summed E-state index contributed by atoms with van der Waals surface area (Å²) in [6.45, 7) is 0. The molecule has 0 spiro atoms. The molecule has 0 fully saturated rings. The summed E-state index contributed by atoms with van der Waals surface area (Å²) in [6.07, 6.45) is 0. The summed E-state index contributed by atoms with van der Waals surface area (Å²) < 4.78 is 0. The molecule has 0 atom stereocenters. The van der Waals surface area contributed by atoms with Gasteiger partial charge < -0.3 is 32.6 Å². The normalized spacial score (nSPS) is 2.40. The Morgan fingerprint density at radius 3 is 1.00 bits per heavy atom. The van der Waals surface area contributed by atoms with Crippen molar-refractivity contribution in [2.24, 2.45) is 0 Å². The van der Waals surface area contributed by atoms with E-state index in [9.17, 15) is 0 Å². The van der Waals surface area contributed by atoms with Gasteiger partial charge in [-0.1, -0.05) is 0 Å². The SMILES string of the molecule is O.O.O.O.O.O=[N+]([O-])O.[Co]. The maximum atomic E-state index is 8.36. The van der Waals surface area contributed by atoms with E-state index in [1.165, 1.54) is 0 Å². The van der Waals surface area contributed by atoms with Gasteiger partial charge in [-0.15, -0.1) is 10.1 Å². The molecule has 0 rings (SSSR count). The van der Waals surface area contributed by atoms with E-state index in [1.807, 2.05) is 0 Å². The molecule has 10 heavy (non-hydrogen) atoms. The van der Waals surface area contributed by atoms with E-state index in [-0.39, 0.29) is 44.2 Å². The van der Waals surface area contributed by atoms with Gasteiger partial charge in [-0.2, -0.15) is 0 Å². The molecule has 0 aromatic carbocycles. The zero-order valence-electron chi connectivity index (χ0n) is 4.54. The van der Waals surface area contributed by atoms with Gasteiger partial charge in [0.15, 0.2) is 0 Å². The first-order valence-corrected chi connectivity index (χ1v) is 0.565. The summed E-state index contributed by atoms with van der Waals surface area (Å²) >= 11 is 0. The second-order valence-corrected chi connectivity index (χ2v) is 0.238. The minimum atomic E-state index is -1.50. The van der Waals surface area contributed by atoms with E-state index in [1.54, 1.807) is 0 Å². The number of rotatable bonds is 0. The molecule has 11 N–H and O–H groups in total. The van der Waals surface area contributed by atoms with E-state index in [0.717, 1.165) is 0 Å². The van der Waals surface area contributed by atoms with Crippen molar-refractivity contribution < 1.29 is 54.5 Å². The van der Waals surface area contributed by atoms with E-state index in [4.69, 9.17) is 15.3 Å². The van der Waals surface area contributed by atoms with Crippen LogP contribution in [0.2, 0.25) is 0 Å². The zero-order chi connectivity index (χ0) is 3.58. The molecule has 0 bridgehead atoms. The molecule has 0 amide bonds. The Labute approximate surface area is 65.5 Å². The maximum absolute atomic E-state index is 8.36. The number of hydrogen-bond donors (Lipinski definition) is 1. The Bertz CT molecular complexity index is 32.2. The van der Waals surface area contributed by atoms with Crippen molar-refractivity contribution in [2.75, 3.05) is 0 Å². The van der Waals surface area contributed by atoms with E-state index < -0.39 is 5.09 Å². The molecule has 10 heteroatoms. The van der Waals surface area contributed by atoms with Crippen LogP contribution >= 0.6 is 0 Å². The maximum Gasteiger partial charge on any atom is 0.291 e. The molecule has 73 valence electrons. The van der Waals surface area contributed by atoms with Gasteiger partial charge in [0.2, 0.25) is 0 Å². The van der Waals surface area contributed by atoms with Crippen LogP contribution in [0.3, 0.4) is 0 Å². The van der Waals surface area contributed by atoms with E-state index in [0.29, 0.717) is 0 Å². The molecule has 0 aromatic rings. The van der Waals surface area contributed by atoms with Crippen molar-refractivity contribution in [1.82, 2.24) is 0 Å². The molecule has 0 aliphatic rings. The van der Waals surface area contributed by atoms with Gasteiger partial charge in [-0.25, -0.2) is 0 Å². The molecular weight excluding hydrogens is 201 g/mol. The summed E-state index contributed by atoms with van der Waals surface area (Å²) in [7, 11) is 0. The number of nitrogens with zero attached hydrogens (tertiary/aromatic N) is 1. The molecule has 0 saturated carbocycles. The molecule has 0 heterocycles. The van der Waals surface area contributed by atoms with Crippen LogP contribution in [0.5, 0.6) is 0 Å². The fourth-order valence-electron chi connectivity index (χ4n) is 0. The van der Waals surface area contributed by atoms with Crippen molar-refractivity contribution in [3.8, 4) is 0 Å². The average molecular weight is 212 g/mol. The number of hydrogen-bond acceptors (Lipinski definition) is 2. The van der Waals surface area contributed by atoms with Crippen molar-refractivity contribution in [2.45, 2.75) is 0 Å². The van der Waals surface area contributed by atoms with Crippen LogP contribution < -0.4 is 0 Å². The minimum Gasteiger partial charge on any atom is -0.412 e. The fourth-order valence-corrected chi connectivity index (χ4v) is 0. The Balaban J connectivity index is -0.00000000300. The summed E-state index contributed by atoms with van der Waals surface area (Å²) in [6, 6.07) is 0. The second kappa shape index (κ2) is 76.3. The van der Waals surface area contributed by atoms with E-state index >= 15 is 0 Å². The van der Waals surface area contributed by atoms with Crippen LogP contribution in [-0.2, 0) is 16.8 Å². The Hall–Kier alpha value is -0.494. The van der Waals surface area contributed by atoms with Crippen molar-refractivity contribution >= 4 is 0 Å². The van der Waals surface area contributed by atoms with Gasteiger partial charge in [0, 0.05) is 16.8 Å². The summed E-state index contributed by atoms with van der Waals surface area (Å²) in [5, 5.41) is 13.6. The molecule has 9 nitrogen and oxygen atoms in total. The topological polar surface area (TPSA) is 221 Å². The van der Waals surface area contributed by atoms with Gasteiger partial charge in [-0.3, -0.25) is 0 Å². The Morgan fingerprint density at radius 2 is 1.00 bits per heavy atom.